The Bertz CT molecular complexity index is 2970. The molecule has 2 aliphatic heterocycles. The van der Waals surface area contributed by atoms with E-state index in [1.807, 2.05) is 0 Å². The molecule has 0 radical (unpaired) electrons. The molecule has 9 aromatic rings. The zero-order chi connectivity index (χ0) is 38.8. The maximum atomic E-state index is 6.87. The highest BCUT2D eigenvalue weighted by atomic mass is 16.5. The molecule has 0 bridgehead atoms. The summed E-state index contributed by atoms with van der Waals surface area (Å²) >= 11 is 0. The maximum Gasteiger partial charge on any atom is 0.152 e. The maximum absolute atomic E-state index is 6.87. The minimum atomic E-state index is -0.238. The lowest BCUT2D eigenvalue weighted by molar-refractivity contribution is 0.472. The zero-order valence-corrected chi connectivity index (χ0v) is 32.4. The van der Waals surface area contributed by atoms with Crippen LogP contribution in [0.5, 0.6) is 11.5 Å². The zero-order valence-electron chi connectivity index (χ0n) is 32.4. The minimum absolute atomic E-state index is 0.238. The summed E-state index contributed by atoms with van der Waals surface area (Å²) in [5, 5.41) is 2.38. The number of hydrogen-bond acceptors (Lipinski definition) is 3. The fraction of sp³-hybridized carbons (Fsp3) is 0.0545. The normalized spacial score (nSPS) is 13.2. The molecule has 0 spiro atoms. The second-order valence-corrected chi connectivity index (χ2v) is 15.8. The van der Waals surface area contributed by atoms with E-state index < -0.39 is 0 Å². The van der Waals surface area contributed by atoms with Gasteiger partial charge in [0.1, 0.15) is 0 Å². The molecule has 0 N–H and O–H groups in total. The van der Waals surface area contributed by atoms with Gasteiger partial charge in [-0.3, -0.25) is 0 Å². The highest BCUT2D eigenvalue weighted by Gasteiger charge is 2.42. The summed E-state index contributed by atoms with van der Waals surface area (Å²) in [6.45, 7) is 4.68. The van der Waals surface area contributed by atoms with E-state index in [-0.39, 0.29) is 5.41 Å². The van der Waals surface area contributed by atoms with Gasteiger partial charge in [0.15, 0.2) is 11.5 Å². The van der Waals surface area contributed by atoms with Crippen LogP contribution in [0.4, 0.5) is 34.1 Å². The Hall–Kier alpha value is -7.36. The lowest BCUT2D eigenvalue weighted by atomic mass is 9.72. The summed E-state index contributed by atoms with van der Waals surface area (Å²) in [5.41, 5.74) is 16.2. The Morgan fingerprint density at radius 1 is 0.397 bits per heavy atom. The summed E-state index contributed by atoms with van der Waals surface area (Å²) in [7, 11) is 0. The molecule has 0 aliphatic carbocycles. The summed E-state index contributed by atoms with van der Waals surface area (Å²) in [6.07, 6.45) is 0. The molecule has 0 atom stereocenters. The van der Waals surface area contributed by atoms with Gasteiger partial charge in [0.25, 0.3) is 0 Å². The van der Waals surface area contributed by atoms with Gasteiger partial charge >= 0.3 is 0 Å². The Kier molecular flexibility index (Phi) is 7.84. The van der Waals surface area contributed by atoms with Crippen LogP contribution in [-0.4, -0.2) is 0 Å². The predicted molar refractivity (Wildman–Crippen MR) is 242 cm³/mol. The number of para-hydroxylation sites is 2. The second-order valence-electron chi connectivity index (χ2n) is 15.8. The third kappa shape index (κ3) is 5.50. The van der Waals surface area contributed by atoms with Crippen molar-refractivity contribution in [3.05, 3.63) is 217 Å². The highest BCUT2D eigenvalue weighted by molar-refractivity contribution is 6.06. The first-order valence-electron chi connectivity index (χ1n) is 20.0. The molecule has 0 fully saturated rings. The molecule has 58 heavy (non-hydrogen) atoms. The Labute approximate surface area is 339 Å². The fourth-order valence-electron chi connectivity index (χ4n) is 9.04. The molecule has 2 aliphatic rings. The Morgan fingerprint density at radius 2 is 0.914 bits per heavy atom. The summed E-state index contributed by atoms with van der Waals surface area (Å²) in [6, 6.07) is 74.1. The van der Waals surface area contributed by atoms with E-state index in [2.05, 4.69) is 230 Å². The molecule has 11 rings (SSSR count). The van der Waals surface area contributed by atoms with Crippen LogP contribution in [0, 0.1) is 0 Å². The SMILES string of the molecule is CC1(C)c2ccccc2N2c3c(cc(-c4ccc(-c5ccc(N(c6ccccc6)c6ccc(-c7ccccc7)cc6)cc5)cc4)cc31)Oc1ccc3ccccc3c12. The van der Waals surface area contributed by atoms with Crippen molar-refractivity contribution in [1.29, 1.82) is 0 Å². The van der Waals surface area contributed by atoms with Crippen LogP contribution in [0.2, 0.25) is 0 Å². The average Bonchev–Trinajstić information content (AvgIpc) is 3.29. The molecule has 2 heterocycles. The number of nitrogens with zero attached hydrogens (tertiary/aromatic N) is 2. The van der Waals surface area contributed by atoms with Gasteiger partial charge in [0.2, 0.25) is 0 Å². The number of rotatable bonds is 6. The number of hydrogen-bond donors (Lipinski definition) is 0. The minimum Gasteiger partial charge on any atom is -0.453 e. The van der Waals surface area contributed by atoms with Crippen LogP contribution < -0.4 is 14.5 Å². The number of benzene rings is 9. The first kappa shape index (κ1) is 33.9. The summed E-state index contributed by atoms with van der Waals surface area (Å²) in [5.74, 6) is 1.76. The van der Waals surface area contributed by atoms with Crippen molar-refractivity contribution in [2.45, 2.75) is 19.3 Å². The molecule has 276 valence electrons. The molecule has 3 nitrogen and oxygen atoms in total. The van der Waals surface area contributed by atoms with Gasteiger partial charge in [-0.2, -0.15) is 0 Å². The highest BCUT2D eigenvalue weighted by Crippen LogP contribution is 2.61. The summed E-state index contributed by atoms with van der Waals surface area (Å²) < 4.78 is 6.87. The van der Waals surface area contributed by atoms with Gasteiger partial charge in [0, 0.05) is 27.9 Å². The largest absolute Gasteiger partial charge is 0.453 e. The van der Waals surface area contributed by atoms with Gasteiger partial charge in [-0.1, -0.05) is 159 Å². The molecule has 3 heteroatoms. The van der Waals surface area contributed by atoms with Crippen LogP contribution in [0.15, 0.2) is 206 Å². The van der Waals surface area contributed by atoms with Gasteiger partial charge < -0.3 is 14.5 Å². The van der Waals surface area contributed by atoms with E-state index in [1.54, 1.807) is 0 Å². The van der Waals surface area contributed by atoms with Crippen molar-refractivity contribution in [2.75, 3.05) is 9.80 Å². The quantitative estimate of drug-likeness (QED) is 0.169. The van der Waals surface area contributed by atoms with E-state index in [4.69, 9.17) is 4.74 Å². The molecule has 0 saturated heterocycles. The Morgan fingerprint density at radius 3 is 1.59 bits per heavy atom. The number of anilines is 6. The topological polar surface area (TPSA) is 15.7 Å². The fourth-order valence-corrected chi connectivity index (χ4v) is 9.04. The van der Waals surface area contributed by atoms with Crippen LogP contribution in [0.25, 0.3) is 44.2 Å². The molecule has 0 unspecified atom stereocenters. The molecular formula is C55H40N2O. The van der Waals surface area contributed by atoms with Gasteiger partial charge in [-0.05, 0) is 111 Å². The second kappa shape index (κ2) is 13.4. The van der Waals surface area contributed by atoms with E-state index in [0.29, 0.717) is 0 Å². The molecule has 0 amide bonds. The van der Waals surface area contributed by atoms with Crippen molar-refractivity contribution in [3.63, 3.8) is 0 Å². The third-order valence-corrected chi connectivity index (χ3v) is 12.0. The van der Waals surface area contributed by atoms with Gasteiger partial charge in [-0.25, -0.2) is 0 Å². The van der Waals surface area contributed by atoms with E-state index >= 15 is 0 Å². The number of fused-ring (bicyclic) bond motifs is 6. The van der Waals surface area contributed by atoms with Crippen LogP contribution in [0.1, 0.15) is 25.0 Å². The van der Waals surface area contributed by atoms with Crippen LogP contribution in [-0.2, 0) is 5.41 Å². The molecule has 0 saturated carbocycles. The molecule has 9 aromatic carbocycles. The third-order valence-electron chi connectivity index (χ3n) is 12.0. The van der Waals surface area contributed by atoms with Crippen LogP contribution >= 0.6 is 0 Å². The van der Waals surface area contributed by atoms with E-state index in [0.717, 1.165) is 51.1 Å². The predicted octanol–water partition coefficient (Wildman–Crippen LogP) is 15.5. The summed E-state index contributed by atoms with van der Waals surface area (Å²) in [4.78, 5) is 4.76. The van der Waals surface area contributed by atoms with Crippen molar-refractivity contribution < 1.29 is 4.74 Å². The van der Waals surface area contributed by atoms with Gasteiger partial charge in [-0.15, -0.1) is 0 Å². The lowest BCUT2D eigenvalue weighted by Gasteiger charge is -2.45. The van der Waals surface area contributed by atoms with Crippen molar-refractivity contribution >= 4 is 44.9 Å². The van der Waals surface area contributed by atoms with Crippen LogP contribution in [0.3, 0.4) is 0 Å². The standard InChI is InChI=1S/C55H40N2O/c1-55(2)48-19-11-12-20-50(48)57-53-47-18-10-9-15-42(47)29-34-51(53)58-52-36-43(35-49(55)54(52)57)41-23-21-38(22-24-41)40-27-32-46(33-28-40)56(44-16-7-4-8-17-44)45-30-25-39(26-31-45)37-13-5-3-6-14-37/h3-36H,1-2H3. The number of ether oxygens (including phenoxy) is 1. The lowest BCUT2D eigenvalue weighted by Crippen LogP contribution is -2.32. The van der Waals surface area contributed by atoms with E-state index in [1.165, 1.54) is 49.8 Å². The first-order valence-corrected chi connectivity index (χ1v) is 20.0. The molecular weight excluding hydrogens is 705 g/mol. The van der Waals surface area contributed by atoms with Crippen molar-refractivity contribution in [2.24, 2.45) is 0 Å². The first-order chi connectivity index (χ1) is 28.5. The van der Waals surface area contributed by atoms with Crippen molar-refractivity contribution in [1.82, 2.24) is 0 Å². The van der Waals surface area contributed by atoms with Gasteiger partial charge in [0.05, 0.1) is 17.1 Å². The van der Waals surface area contributed by atoms with E-state index in [9.17, 15) is 0 Å². The van der Waals surface area contributed by atoms with Crippen molar-refractivity contribution in [3.8, 4) is 44.9 Å². The smallest absolute Gasteiger partial charge is 0.152 e. The Balaban J connectivity index is 0.935. The molecule has 0 aromatic heterocycles. The monoisotopic (exact) mass is 744 g/mol. The average molecular weight is 745 g/mol.